The molecule has 0 spiro atoms. The maximum atomic E-state index is 11.8. The summed E-state index contributed by atoms with van der Waals surface area (Å²) in [7, 11) is 1.65. The molecule has 0 unspecified atom stereocenters. The number of thiophene rings is 1. The van der Waals surface area contributed by atoms with Crippen molar-refractivity contribution in [3.63, 3.8) is 0 Å². The van der Waals surface area contributed by atoms with Gasteiger partial charge in [-0.25, -0.2) is 0 Å². The summed E-state index contributed by atoms with van der Waals surface area (Å²) in [5, 5.41) is 9.41. The molecule has 0 atom stereocenters. The Morgan fingerprint density at radius 3 is 2.48 bits per heavy atom. The molecule has 2 aromatic rings. The van der Waals surface area contributed by atoms with Crippen LogP contribution in [0.1, 0.15) is 35.2 Å². The predicted octanol–water partition coefficient (Wildman–Crippen LogP) is 3.02. The van der Waals surface area contributed by atoms with Crippen molar-refractivity contribution >= 4 is 23.2 Å². The third-order valence-corrected chi connectivity index (χ3v) is 4.46. The SMILES string of the molecule is COc1ccc(CCCNC(=O)CCCNC(=O)c2ccsc2)cc1. The number of hydrogen-bond acceptors (Lipinski definition) is 4. The first-order chi connectivity index (χ1) is 12.2. The van der Waals surface area contributed by atoms with E-state index in [1.807, 2.05) is 35.0 Å². The highest BCUT2D eigenvalue weighted by Crippen LogP contribution is 2.12. The zero-order valence-corrected chi connectivity index (χ0v) is 15.2. The van der Waals surface area contributed by atoms with Crippen molar-refractivity contribution in [2.45, 2.75) is 25.7 Å². The van der Waals surface area contributed by atoms with Crippen LogP contribution < -0.4 is 15.4 Å². The lowest BCUT2D eigenvalue weighted by Gasteiger charge is -2.07. The molecule has 0 aliphatic heterocycles. The lowest BCUT2D eigenvalue weighted by molar-refractivity contribution is -0.121. The van der Waals surface area contributed by atoms with E-state index in [0.717, 1.165) is 18.6 Å². The Balaban J connectivity index is 1.51. The highest BCUT2D eigenvalue weighted by Gasteiger charge is 2.05. The number of benzene rings is 1. The number of ether oxygens (including phenoxy) is 1. The maximum absolute atomic E-state index is 11.8. The van der Waals surface area contributed by atoms with Crippen LogP contribution in [0.25, 0.3) is 0 Å². The minimum Gasteiger partial charge on any atom is -0.497 e. The van der Waals surface area contributed by atoms with Gasteiger partial charge in [0, 0.05) is 30.5 Å². The summed E-state index contributed by atoms with van der Waals surface area (Å²) >= 11 is 1.49. The standard InChI is InChI=1S/C19H24N2O3S/c1-24-17-8-6-15(7-9-17)4-2-11-20-18(22)5-3-12-21-19(23)16-10-13-25-14-16/h6-10,13-14H,2-5,11-12H2,1H3,(H,20,22)(H,21,23). The zero-order chi connectivity index (χ0) is 17.9. The molecule has 134 valence electrons. The number of hydrogen-bond donors (Lipinski definition) is 2. The summed E-state index contributed by atoms with van der Waals surface area (Å²) in [6.45, 7) is 1.17. The molecule has 5 nitrogen and oxygen atoms in total. The second-order valence-electron chi connectivity index (χ2n) is 5.67. The minimum absolute atomic E-state index is 0.0273. The molecule has 2 N–H and O–H groups in total. The molecule has 25 heavy (non-hydrogen) atoms. The van der Waals surface area contributed by atoms with Crippen molar-refractivity contribution in [3.8, 4) is 5.75 Å². The van der Waals surface area contributed by atoms with Crippen molar-refractivity contribution in [3.05, 3.63) is 52.2 Å². The molecule has 0 aliphatic carbocycles. The van der Waals surface area contributed by atoms with Crippen LogP contribution in [0.2, 0.25) is 0 Å². The molecular weight excluding hydrogens is 336 g/mol. The molecule has 2 amide bonds. The maximum Gasteiger partial charge on any atom is 0.252 e. The van der Waals surface area contributed by atoms with E-state index in [0.29, 0.717) is 31.5 Å². The lowest BCUT2D eigenvalue weighted by Crippen LogP contribution is -2.28. The molecule has 0 fully saturated rings. The third kappa shape index (κ3) is 6.97. The van der Waals surface area contributed by atoms with Gasteiger partial charge >= 0.3 is 0 Å². The fourth-order valence-corrected chi connectivity index (χ4v) is 2.98. The highest BCUT2D eigenvalue weighted by atomic mass is 32.1. The number of nitrogens with one attached hydrogen (secondary N) is 2. The fourth-order valence-electron chi connectivity index (χ4n) is 2.35. The Labute approximate surface area is 152 Å². The van der Waals surface area contributed by atoms with E-state index < -0.39 is 0 Å². The van der Waals surface area contributed by atoms with Gasteiger partial charge in [-0.1, -0.05) is 12.1 Å². The van der Waals surface area contributed by atoms with E-state index in [1.165, 1.54) is 16.9 Å². The van der Waals surface area contributed by atoms with Crippen molar-refractivity contribution < 1.29 is 14.3 Å². The first-order valence-corrected chi connectivity index (χ1v) is 9.33. The summed E-state index contributed by atoms with van der Waals surface area (Å²) in [5.41, 5.74) is 1.90. The summed E-state index contributed by atoms with van der Waals surface area (Å²) in [4.78, 5) is 23.5. The van der Waals surface area contributed by atoms with E-state index in [-0.39, 0.29) is 11.8 Å². The quantitative estimate of drug-likeness (QED) is 0.640. The number of carbonyl (C=O) groups is 2. The van der Waals surface area contributed by atoms with Gasteiger partial charge in [-0.3, -0.25) is 9.59 Å². The van der Waals surface area contributed by atoms with Gasteiger partial charge in [0.05, 0.1) is 7.11 Å². The van der Waals surface area contributed by atoms with Gasteiger partial charge in [0.1, 0.15) is 5.75 Å². The summed E-state index contributed by atoms with van der Waals surface area (Å²) < 4.78 is 5.13. The van der Waals surface area contributed by atoms with Crippen LogP contribution in [-0.2, 0) is 11.2 Å². The number of rotatable bonds is 10. The summed E-state index contributed by atoms with van der Waals surface area (Å²) in [5.74, 6) is 0.795. The monoisotopic (exact) mass is 360 g/mol. The average Bonchev–Trinajstić information content (AvgIpc) is 3.17. The van der Waals surface area contributed by atoms with Crippen molar-refractivity contribution in [1.29, 1.82) is 0 Å². The van der Waals surface area contributed by atoms with Gasteiger partial charge in [0.15, 0.2) is 0 Å². The number of carbonyl (C=O) groups excluding carboxylic acids is 2. The Hall–Kier alpha value is -2.34. The topological polar surface area (TPSA) is 67.4 Å². The van der Waals surface area contributed by atoms with Crippen LogP contribution in [0.15, 0.2) is 41.1 Å². The molecule has 6 heteroatoms. The average molecular weight is 360 g/mol. The Kier molecular flexibility index (Phi) is 7.98. The van der Waals surface area contributed by atoms with Crippen LogP contribution in [0.5, 0.6) is 5.75 Å². The smallest absolute Gasteiger partial charge is 0.252 e. The fraction of sp³-hybridized carbons (Fsp3) is 0.368. The predicted molar refractivity (Wildman–Crippen MR) is 100 cm³/mol. The van der Waals surface area contributed by atoms with Gasteiger partial charge in [-0.15, -0.1) is 0 Å². The molecule has 0 radical (unpaired) electrons. The Bertz CT molecular complexity index is 654. The van der Waals surface area contributed by atoms with Gasteiger partial charge < -0.3 is 15.4 Å². The number of amides is 2. The Morgan fingerprint density at radius 2 is 1.80 bits per heavy atom. The second kappa shape index (κ2) is 10.5. The van der Waals surface area contributed by atoms with Crippen molar-refractivity contribution in [1.82, 2.24) is 10.6 Å². The van der Waals surface area contributed by atoms with Crippen LogP contribution >= 0.6 is 11.3 Å². The van der Waals surface area contributed by atoms with Crippen LogP contribution in [0, 0.1) is 0 Å². The van der Waals surface area contributed by atoms with Crippen LogP contribution in [-0.4, -0.2) is 32.0 Å². The molecule has 0 saturated carbocycles. The van der Waals surface area contributed by atoms with E-state index >= 15 is 0 Å². The second-order valence-corrected chi connectivity index (χ2v) is 6.45. The molecule has 0 saturated heterocycles. The lowest BCUT2D eigenvalue weighted by atomic mass is 10.1. The largest absolute Gasteiger partial charge is 0.497 e. The first-order valence-electron chi connectivity index (χ1n) is 8.39. The number of methoxy groups -OCH3 is 1. The van der Waals surface area contributed by atoms with E-state index in [1.54, 1.807) is 13.2 Å². The zero-order valence-electron chi connectivity index (χ0n) is 14.4. The molecule has 2 rings (SSSR count). The number of aryl methyl sites for hydroxylation is 1. The van der Waals surface area contributed by atoms with Crippen LogP contribution in [0.3, 0.4) is 0 Å². The molecule has 0 bridgehead atoms. The van der Waals surface area contributed by atoms with E-state index in [4.69, 9.17) is 4.74 Å². The normalized spacial score (nSPS) is 10.3. The molecule has 1 heterocycles. The van der Waals surface area contributed by atoms with E-state index in [2.05, 4.69) is 10.6 Å². The summed E-state index contributed by atoms with van der Waals surface area (Å²) in [6.07, 6.45) is 2.88. The van der Waals surface area contributed by atoms with Crippen molar-refractivity contribution in [2.75, 3.05) is 20.2 Å². The third-order valence-electron chi connectivity index (χ3n) is 3.77. The van der Waals surface area contributed by atoms with E-state index in [9.17, 15) is 9.59 Å². The van der Waals surface area contributed by atoms with Gasteiger partial charge in [0.2, 0.25) is 5.91 Å². The molecular formula is C19H24N2O3S. The van der Waals surface area contributed by atoms with Gasteiger partial charge in [0.25, 0.3) is 5.91 Å². The summed E-state index contributed by atoms with van der Waals surface area (Å²) in [6, 6.07) is 9.75. The van der Waals surface area contributed by atoms with Gasteiger partial charge in [-0.2, -0.15) is 11.3 Å². The highest BCUT2D eigenvalue weighted by molar-refractivity contribution is 7.08. The van der Waals surface area contributed by atoms with Crippen molar-refractivity contribution in [2.24, 2.45) is 0 Å². The molecule has 1 aromatic heterocycles. The molecule has 1 aromatic carbocycles. The van der Waals surface area contributed by atoms with Gasteiger partial charge in [-0.05, 0) is 48.4 Å². The first kappa shape index (κ1) is 19.0. The Morgan fingerprint density at radius 1 is 1.04 bits per heavy atom. The van der Waals surface area contributed by atoms with Crippen LogP contribution in [0.4, 0.5) is 0 Å². The minimum atomic E-state index is -0.0823. The molecule has 0 aliphatic rings.